The number of nitrogens with zero attached hydrogens (tertiary/aromatic N) is 1. The van der Waals surface area contributed by atoms with E-state index < -0.39 is 11.1 Å². The van der Waals surface area contributed by atoms with Crippen LogP contribution >= 0.6 is 23.4 Å². The van der Waals surface area contributed by atoms with Gasteiger partial charge in [0.25, 0.3) is 11.1 Å². The Morgan fingerprint density at radius 3 is 2.48 bits per heavy atom. The van der Waals surface area contributed by atoms with Gasteiger partial charge in [0.15, 0.2) is 0 Å². The van der Waals surface area contributed by atoms with Gasteiger partial charge in [0, 0.05) is 11.1 Å². The van der Waals surface area contributed by atoms with E-state index in [0.717, 1.165) is 22.2 Å². The number of carbonyl (C=O) groups excluding carboxylic acids is 2. The number of hydrogen-bond acceptors (Lipinski definition) is 5. The number of methoxy groups -OCH3 is 2. The molecule has 1 aliphatic heterocycles. The maximum absolute atomic E-state index is 12.8. The molecule has 0 aliphatic carbocycles. The molecule has 1 saturated heterocycles. The average Bonchev–Trinajstić information content (AvgIpc) is 2.95. The summed E-state index contributed by atoms with van der Waals surface area (Å²) in [6, 6.07) is 14.4. The van der Waals surface area contributed by atoms with Crippen LogP contribution in [0.25, 0.3) is 6.08 Å². The predicted octanol–water partition coefficient (Wildman–Crippen LogP) is 5.07. The Kier molecular flexibility index (Phi) is 5.88. The Balaban J connectivity index is 1.90. The van der Waals surface area contributed by atoms with Crippen LogP contribution in [-0.2, 0) is 4.79 Å². The number of halogens is 1. The number of benzene rings is 2. The molecule has 27 heavy (non-hydrogen) atoms. The van der Waals surface area contributed by atoms with Crippen LogP contribution in [0, 0.1) is 0 Å². The molecule has 1 fully saturated rings. The Labute approximate surface area is 166 Å². The van der Waals surface area contributed by atoms with Crippen LogP contribution in [-0.4, -0.2) is 25.4 Å². The van der Waals surface area contributed by atoms with E-state index in [9.17, 15) is 9.59 Å². The maximum atomic E-state index is 12.8. The number of ether oxygens (including phenoxy) is 2. The Morgan fingerprint density at radius 1 is 1.07 bits per heavy atom. The molecule has 0 saturated carbocycles. The molecular formula is C20H16ClNO4S. The minimum Gasteiger partial charge on any atom is -0.497 e. The minimum absolute atomic E-state index is 0.245. The molecule has 0 unspecified atom stereocenters. The molecule has 0 bridgehead atoms. The number of imide groups is 1. The first-order chi connectivity index (χ1) is 13.0. The van der Waals surface area contributed by atoms with E-state index in [1.165, 1.54) is 20.3 Å². The van der Waals surface area contributed by atoms with Crippen molar-refractivity contribution in [3.8, 4) is 11.5 Å². The number of allylic oxidation sites excluding steroid dienone is 2. The van der Waals surface area contributed by atoms with Crippen LogP contribution in [0.1, 0.15) is 5.56 Å². The van der Waals surface area contributed by atoms with Crippen LogP contribution in [0.2, 0.25) is 0 Å². The van der Waals surface area contributed by atoms with Gasteiger partial charge in [-0.05, 0) is 41.6 Å². The molecular weight excluding hydrogens is 386 g/mol. The number of amides is 2. The van der Waals surface area contributed by atoms with Gasteiger partial charge in [-0.3, -0.25) is 9.59 Å². The van der Waals surface area contributed by atoms with Crippen LogP contribution in [0.15, 0.2) is 64.5 Å². The zero-order chi connectivity index (χ0) is 19.4. The van der Waals surface area contributed by atoms with Crippen molar-refractivity contribution in [3.63, 3.8) is 0 Å². The fraction of sp³-hybridized carbons (Fsp3) is 0.100. The molecule has 1 heterocycles. The monoisotopic (exact) mass is 401 g/mol. The largest absolute Gasteiger partial charge is 0.497 e. The second-order valence-corrected chi connectivity index (χ2v) is 6.92. The number of thioether (sulfide) groups is 1. The first-order valence-electron chi connectivity index (χ1n) is 7.95. The summed E-state index contributed by atoms with van der Waals surface area (Å²) in [4.78, 5) is 26.5. The Hall–Kier alpha value is -2.70. The third kappa shape index (κ3) is 4.18. The lowest BCUT2D eigenvalue weighted by atomic mass is 10.2. The molecule has 138 valence electrons. The van der Waals surface area contributed by atoms with E-state index in [1.54, 1.807) is 24.3 Å². The highest BCUT2D eigenvalue weighted by atomic mass is 35.5. The van der Waals surface area contributed by atoms with Crippen molar-refractivity contribution in [2.24, 2.45) is 0 Å². The van der Waals surface area contributed by atoms with Crippen molar-refractivity contribution >= 4 is 46.3 Å². The summed E-state index contributed by atoms with van der Waals surface area (Å²) >= 11 is 7.08. The first kappa shape index (κ1) is 19.1. The summed E-state index contributed by atoms with van der Waals surface area (Å²) in [7, 11) is 2.99. The van der Waals surface area contributed by atoms with Crippen LogP contribution < -0.4 is 14.4 Å². The molecule has 2 aromatic rings. The van der Waals surface area contributed by atoms with E-state index >= 15 is 0 Å². The molecule has 7 heteroatoms. The second kappa shape index (κ2) is 8.33. The highest BCUT2D eigenvalue weighted by molar-refractivity contribution is 8.18. The van der Waals surface area contributed by atoms with Gasteiger partial charge in [-0.1, -0.05) is 41.9 Å². The number of hydrogen-bond donors (Lipinski definition) is 0. The predicted molar refractivity (Wildman–Crippen MR) is 108 cm³/mol. The first-order valence-corrected chi connectivity index (χ1v) is 9.15. The van der Waals surface area contributed by atoms with Crippen molar-refractivity contribution in [2.75, 3.05) is 19.1 Å². The molecule has 2 amide bonds. The zero-order valence-corrected chi connectivity index (χ0v) is 16.2. The number of rotatable bonds is 5. The maximum Gasteiger partial charge on any atom is 0.298 e. The quantitative estimate of drug-likeness (QED) is 0.655. The summed E-state index contributed by atoms with van der Waals surface area (Å²) in [5.74, 6) is 0.476. The molecule has 0 atom stereocenters. The van der Waals surface area contributed by atoms with Crippen LogP contribution in [0.5, 0.6) is 11.5 Å². The summed E-state index contributed by atoms with van der Waals surface area (Å²) in [6.07, 6.45) is 3.22. The lowest BCUT2D eigenvalue weighted by Gasteiger charge is -2.16. The van der Waals surface area contributed by atoms with E-state index in [1.807, 2.05) is 30.3 Å². The third-order valence-electron chi connectivity index (χ3n) is 3.79. The van der Waals surface area contributed by atoms with E-state index in [-0.39, 0.29) is 4.91 Å². The smallest absolute Gasteiger partial charge is 0.298 e. The lowest BCUT2D eigenvalue weighted by molar-refractivity contribution is -0.113. The number of anilines is 1. The van der Waals surface area contributed by atoms with Crippen LogP contribution in [0.3, 0.4) is 0 Å². The highest BCUT2D eigenvalue weighted by Crippen LogP contribution is 2.40. The van der Waals surface area contributed by atoms with E-state index in [0.29, 0.717) is 22.2 Å². The molecule has 0 spiro atoms. The van der Waals surface area contributed by atoms with Gasteiger partial charge in [-0.25, -0.2) is 4.90 Å². The standard InChI is InChI=1S/C20H16ClNO4S/c1-25-15-8-9-16(17(12-15)26-2)22-19(23)18(27-20(22)24)11-14(21)10-13-6-4-3-5-7-13/h3-12H,1-2H3/b14-10-,18-11-. The van der Waals surface area contributed by atoms with Gasteiger partial charge in [-0.15, -0.1) is 0 Å². The molecule has 0 aromatic heterocycles. The van der Waals surface area contributed by atoms with Gasteiger partial charge in [0.05, 0.1) is 24.8 Å². The van der Waals surface area contributed by atoms with E-state index in [4.69, 9.17) is 21.1 Å². The van der Waals surface area contributed by atoms with Gasteiger partial charge < -0.3 is 9.47 Å². The Morgan fingerprint density at radius 2 is 1.81 bits per heavy atom. The molecule has 5 nitrogen and oxygen atoms in total. The van der Waals surface area contributed by atoms with Crippen molar-refractivity contribution in [1.82, 2.24) is 0 Å². The SMILES string of the molecule is COc1ccc(N2C(=O)S/C(=C\C(Cl)=C\c3ccccc3)C2=O)c(OC)c1. The highest BCUT2D eigenvalue weighted by Gasteiger charge is 2.38. The minimum atomic E-state index is -0.451. The van der Waals surface area contributed by atoms with Crippen molar-refractivity contribution in [2.45, 2.75) is 0 Å². The topological polar surface area (TPSA) is 55.8 Å². The fourth-order valence-electron chi connectivity index (χ4n) is 2.52. The van der Waals surface area contributed by atoms with E-state index in [2.05, 4.69) is 0 Å². The molecule has 3 rings (SSSR count). The normalized spacial score (nSPS) is 16.2. The van der Waals surface area contributed by atoms with Gasteiger partial charge in [0.1, 0.15) is 11.5 Å². The molecule has 0 radical (unpaired) electrons. The van der Waals surface area contributed by atoms with Crippen molar-refractivity contribution in [1.29, 1.82) is 0 Å². The molecule has 1 aliphatic rings. The van der Waals surface area contributed by atoms with Gasteiger partial charge in [0.2, 0.25) is 0 Å². The number of carbonyl (C=O) groups is 2. The average molecular weight is 402 g/mol. The molecule has 0 N–H and O–H groups in total. The zero-order valence-electron chi connectivity index (χ0n) is 14.6. The lowest BCUT2D eigenvalue weighted by Crippen LogP contribution is -2.28. The fourth-order valence-corrected chi connectivity index (χ4v) is 3.65. The Bertz CT molecular complexity index is 940. The summed E-state index contributed by atoms with van der Waals surface area (Å²) in [5, 5.41) is -0.0627. The molecule has 2 aromatic carbocycles. The van der Waals surface area contributed by atoms with Crippen molar-refractivity contribution in [3.05, 3.63) is 70.1 Å². The van der Waals surface area contributed by atoms with Crippen LogP contribution in [0.4, 0.5) is 10.5 Å². The van der Waals surface area contributed by atoms with Gasteiger partial charge >= 0.3 is 0 Å². The second-order valence-electron chi connectivity index (χ2n) is 5.49. The van der Waals surface area contributed by atoms with Crippen molar-refractivity contribution < 1.29 is 19.1 Å². The van der Waals surface area contributed by atoms with Gasteiger partial charge in [-0.2, -0.15) is 0 Å². The summed E-state index contributed by atoms with van der Waals surface area (Å²) in [6.45, 7) is 0. The third-order valence-corrected chi connectivity index (χ3v) is 4.88. The summed E-state index contributed by atoms with van der Waals surface area (Å²) < 4.78 is 10.4. The summed E-state index contributed by atoms with van der Waals surface area (Å²) in [5.41, 5.74) is 1.25.